The molecule has 0 aliphatic rings. The SMILES string of the molecule is OCC(CCl)(CCl)C(Cl)C(O)C(CBr)(CBr)CBr. The van der Waals surface area contributed by atoms with Crippen LogP contribution in [0.25, 0.3) is 0 Å². The third-order valence-electron chi connectivity index (χ3n) is 3.14. The first-order valence-electron chi connectivity index (χ1n) is 5.16. The highest BCUT2D eigenvalue weighted by Crippen LogP contribution is 2.40. The molecule has 2 nitrogen and oxygen atoms in total. The molecule has 0 aliphatic carbocycles. The van der Waals surface area contributed by atoms with Gasteiger partial charge in [-0.15, -0.1) is 34.8 Å². The summed E-state index contributed by atoms with van der Waals surface area (Å²) in [5.74, 6) is 0.169. The van der Waals surface area contributed by atoms with Crippen LogP contribution in [0.15, 0.2) is 0 Å². The van der Waals surface area contributed by atoms with Crippen molar-refractivity contribution in [1.82, 2.24) is 0 Å². The van der Waals surface area contributed by atoms with E-state index in [4.69, 9.17) is 34.8 Å². The van der Waals surface area contributed by atoms with Gasteiger partial charge in [0.2, 0.25) is 0 Å². The van der Waals surface area contributed by atoms with Gasteiger partial charge in [-0.3, -0.25) is 0 Å². The molecule has 2 N–H and O–H groups in total. The third kappa shape index (κ3) is 4.12. The number of halogens is 6. The zero-order valence-corrected chi connectivity index (χ0v) is 16.6. The van der Waals surface area contributed by atoms with Crippen LogP contribution < -0.4 is 0 Å². The molecule has 0 saturated heterocycles. The highest BCUT2D eigenvalue weighted by molar-refractivity contribution is 9.10. The number of hydrogen-bond acceptors (Lipinski definition) is 2. The van der Waals surface area contributed by atoms with E-state index in [1.165, 1.54) is 0 Å². The van der Waals surface area contributed by atoms with Crippen molar-refractivity contribution in [2.75, 3.05) is 34.4 Å². The summed E-state index contributed by atoms with van der Waals surface area (Å²) in [6, 6.07) is 0. The average Bonchev–Trinajstić information content (AvgIpc) is 2.43. The van der Waals surface area contributed by atoms with Crippen LogP contribution in [0.1, 0.15) is 0 Å². The van der Waals surface area contributed by atoms with E-state index in [2.05, 4.69) is 47.8 Å². The first kappa shape index (κ1) is 20.2. The average molecular weight is 514 g/mol. The molecule has 0 saturated carbocycles. The van der Waals surface area contributed by atoms with Gasteiger partial charge < -0.3 is 10.2 Å². The Morgan fingerprint density at radius 3 is 1.56 bits per heavy atom. The molecule has 0 aromatic heterocycles. The lowest BCUT2D eigenvalue weighted by Gasteiger charge is -2.42. The van der Waals surface area contributed by atoms with Gasteiger partial charge in [-0.2, -0.15) is 0 Å². The minimum absolute atomic E-state index is 0.0845. The smallest absolute Gasteiger partial charge is 0.0791 e. The van der Waals surface area contributed by atoms with Crippen molar-refractivity contribution in [3.63, 3.8) is 0 Å². The molecule has 0 rings (SSSR count). The quantitative estimate of drug-likeness (QED) is 0.462. The number of alkyl halides is 6. The Kier molecular flexibility index (Phi) is 10.4. The third-order valence-corrected chi connectivity index (χ3v) is 8.25. The second-order valence-electron chi connectivity index (χ2n) is 4.40. The van der Waals surface area contributed by atoms with E-state index in [-0.39, 0.29) is 18.4 Å². The van der Waals surface area contributed by atoms with Gasteiger partial charge in [-0.25, -0.2) is 0 Å². The molecule has 0 heterocycles. The lowest BCUT2D eigenvalue weighted by atomic mass is 9.77. The molecule has 0 radical (unpaired) electrons. The molecular formula is C10H16Br3Cl3O2. The maximum Gasteiger partial charge on any atom is 0.0791 e. The maximum absolute atomic E-state index is 10.5. The zero-order chi connectivity index (χ0) is 14.4. The Bertz CT molecular complexity index is 198. The summed E-state index contributed by atoms with van der Waals surface area (Å²) in [6.45, 7) is -0.270. The summed E-state index contributed by atoms with van der Waals surface area (Å²) < 4.78 is 0. The van der Waals surface area contributed by atoms with Crippen LogP contribution in [-0.2, 0) is 0 Å². The fourth-order valence-corrected chi connectivity index (χ4v) is 6.56. The predicted octanol–water partition coefficient (Wildman–Crippen LogP) is 3.58. The van der Waals surface area contributed by atoms with Gasteiger partial charge in [-0.1, -0.05) is 47.8 Å². The van der Waals surface area contributed by atoms with Crippen LogP contribution in [0.5, 0.6) is 0 Å². The van der Waals surface area contributed by atoms with Crippen molar-refractivity contribution < 1.29 is 10.2 Å². The molecule has 110 valence electrons. The number of rotatable bonds is 9. The lowest BCUT2D eigenvalue weighted by Crippen LogP contribution is -2.54. The Labute approximate surface area is 148 Å². The summed E-state index contributed by atoms with van der Waals surface area (Å²) >= 11 is 28.2. The van der Waals surface area contributed by atoms with Crippen molar-refractivity contribution in [3.05, 3.63) is 0 Å². The van der Waals surface area contributed by atoms with Crippen molar-refractivity contribution >= 4 is 82.6 Å². The minimum Gasteiger partial charge on any atom is -0.396 e. The molecular weight excluding hydrogens is 498 g/mol. The molecule has 0 amide bonds. The van der Waals surface area contributed by atoms with Crippen molar-refractivity contribution in [2.45, 2.75) is 11.5 Å². The Hall–Kier alpha value is 2.23. The number of aliphatic hydroxyl groups is 2. The van der Waals surface area contributed by atoms with Crippen LogP contribution in [0.3, 0.4) is 0 Å². The zero-order valence-electron chi connectivity index (χ0n) is 9.56. The van der Waals surface area contributed by atoms with Crippen LogP contribution >= 0.6 is 82.6 Å². The number of aliphatic hydroxyl groups excluding tert-OH is 2. The van der Waals surface area contributed by atoms with Crippen molar-refractivity contribution in [2.24, 2.45) is 10.8 Å². The van der Waals surface area contributed by atoms with Gasteiger partial charge in [0.15, 0.2) is 0 Å². The van der Waals surface area contributed by atoms with Gasteiger partial charge in [0.1, 0.15) is 0 Å². The normalized spacial score (nSPS) is 16.7. The summed E-state index contributed by atoms with van der Waals surface area (Å²) in [5.41, 5.74) is -1.40. The summed E-state index contributed by atoms with van der Waals surface area (Å²) in [6.07, 6.45) is -0.873. The van der Waals surface area contributed by atoms with Gasteiger partial charge in [0.05, 0.1) is 18.1 Å². The predicted molar refractivity (Wildman–Crippen MR) is 90.4 cm³/mol. The van der Waals surface area contributed by atoms with E-state index in [0.29, 0.717) is 16.0 Å². The molecule has 18 heavy (non-hydrogen) atoms. The second-order valence-corrected chi connectivity index (χ2v) is 7.08. The molecule has 0 aromatic carbocycles. The fourth-order valence-electron chi connectivity index (χ4n) is 1.34. The molecule has 0 aromatic rings. The van der Waals surface area contributed by atoms with Crippen molar-refractivity contribution in [1.29, 1.82) is 0 Å². The first-order valence-corrected chi connectivity index (χ1v) is 10.0. The minimum atomic E-state index is -0.901. The van der Waals surface area contributed by atoms with E-state index in [1.54, 1.807) is 0 Å². The number of hydrogen-bond donors (Lipinski definition) is 2. The molecule has 8 heteroatoms. The van der Waals surface area contributed by atoms with Gasteiger partial charge in [0.25, 0.3) is 0 Å². The van der Waals surface area contributed by atoms with E-state index >= 15 is 0 Å². The van der Waals surface area contributed by atoms with E-state index in [0.717, 1.165) is 0 Å². The fraction of sp³-hybridized carbons (Fsp3) is 1.00. The van der Waals surface area contributed by atoms with Gasteiger partial charge in [0, 0.05) is 38.6 Å². The van der Waals surface area contributed by atoms with Crippen LogP contribution in [0.2, 0.25) is 0 Å². The van der Waals surface area contributed by atoms with E-state index in [1.807, 2.05) is 0 Å². The molecule has 2 unspecified atom stereocenters. The molecule has 0 fully saturated rings. The lowest BCUT2D eigenvalue weighted by molar-refractivity contribution is 0.0232. The Morgan fingerprint density at radius 1 is 0.944 bits per heavy atom. The maximum atomic E-state index is 10.5. The van der Waals surface area contributed by atoms with E-state index < -0.39 is 22.3 Å². The second kappa shape index (κ2) is 9.29. The molecule has 0 aliphatic heterocycles. The van der Waals surface area contributed by atoms with Crippen molar-refractivity contribution in [3.8, 4) is 0 Å². The Morgan fingerprint density at radius 2 is 1.33 bits per heavy atom. The molecule has 0 bridgehead atoms. The summed E-state index contributed by atoms with van der Waals surface area (Å²) in [7, 11) is 0. The topological polar surface area (TPSA) is 40.5 Å². The summed E-state index contributed by atoms with van der Waals surface area (Å²) in [4.78, 5) is 0. The highest BCUT2D eigenvalue weighted by atomic mass is 79.9. The highest BCUT2D eigenvalue weighted by Gasteiger charge is 2.48. The van der Waals surface area contributed by atoms with Crippen LogP contribution in [-0.4, -0.2) is 56.1 Å². The van der Waals surface area contributed by atoms with Gasteiger partial charge in [-0.05, 0) is 0 Å². The first-order chi connectivity index (χ1) is 8.43. The monoisotopic (exact) mass is 510 g/mol. The van der Waals surface area contributed by atoms with Gasteiger partial charge >= 0.3 is 0 Å². The molecule has 2 atom stereocenters. The molecule has 0 spiro atoms. The summed E-state index contributed by atoms with van der Waals surface area (Å²) in [5, 5.41) is 20.9. The Balaban J connectivity index is 5.22. The van der Waals surface area contributed by atoms with Crippen LogP contribution in [0.4, 0.5) is 0 Å². The standard InChI is InChI=1S/C10H16Br3Cl3O2/c11-1-9(2-12,3-13)8(18)7(16)10(4-14,5-15)6-17/h7-8,17-18H,1-6H2. The van der Waals surface area contributed by atoms with E-state index in [9.17, 15) is 10.2 Å². The van der Waals surface area contributed by atoms with Crippen LogP contribution in [0, 0.1) is 10.8 Å². The largest absolute Gasteiger partial charge is 0.396 e.